The van der Waals surface area contributed by atoms with Crippen LogP contribution in [-0.2, 0) is 6.42 Å². The van der Waals surface area contributed by atoms with Crippen LogP contribution in [0.2, 0.25) is 0 Å². The van der Waals surface area contributed by atoms with Crippen LogP contribution in [0.4, 0.5) is 0 Å². The van der Waals surface area contributed by atoms with E-state index in [1.54, 1.807) is 0 Å². The zero-order valence-electron chi connectivity index (χ0n) is 8.75. The number of aromatic nitrogens is 2. The van der Waals surface area contributed by atoms with Crippen molar-refractivity contribution in [1.82, 2.24) is 15.1 Å². The summed E-state index contributed by atoms with van der Waals surface area (Å²) >= 11 is 0. The van der Waals surface area contributed by atoms with Gasteiger partial charge in [0.25, 0.3) is 0 Å². The monoisotopic (exact) mass is 181 g/mol. The molecule has 0 radical (unpaired) electrons. The summed E-state index contributed by atoms with van der Waals surface area (Å²) in [6.07, 6.45) is 6.30. The molecule has 3 heteroatoms. The van der Waals surface area contributed by atoms with Gasteiger partial charge in [-0.15, -0.1) is 0 Å². The highest BCUT2D eigenvalue weighted by atomic mass is 15.3. The largest absolute Gasteiger partial charge is 0.319 e. The Morgan fingerprint density at radius 2 is 2.38 bits per heavy atom. The van der Waals surface area contributed by atoms with E-state index in [9.17, 15) is 0 Å². The summed E-state index contributed by atoms with van der Waals surface area (Å²) in [5, 5.41) is 7.46. The zero-order chi connectivity index (χ0) is 9.68. The summed E-state index contributed by atoms with van der Waals surface area (Å²) < 4.78 is 2.05. The number of hydrogen-bond donors (Lipinski definition) is 1. The van der Waals surface area contributed by atoms with Crippen LogP contribution in [0.15, 0.2) is 12.4 Å². The average Bonchev–Trinajstić information content (AvgIpc) is 2.62. The van der Waals surface area contributed by atoms with Crippen LogP contribution in [0.1, 0.15) is 31.9 Å². The molecular formula is C10H19N3. The van der Waals surface area contributed by atoms with Crippen LogP contribution in [0.25, 0.3) is 0 Å². The molecule has 1 N–H and O–H groups in total. The molecule has 0 saturated heterocycles. The van der Waals surface area contributed by atoms with Crippen molar-refractivity contribution in [3.05, 3.63) is 18.0 Å². The van der Waals surface area contributed by atoms with Crippen molar-refractivity contribution in [3.8, 4) is 0 Å². The van der Waals surface area contributed by atoms with E-state index in [0.717, 1.165) is 19.4 Å². The Morgan fingerprint density at radius 3 is 3.00 bits per heavy atom. The maximum absolute atomic E-state index is 4.33. The van der Waals surface area contributed by atoms with Crippen molar-refractivity contribution in [1.29, 1.82) is 0 Å². The highest BCUT2D eigenvalue weighted by molar-refractivity contribution is 5.04. The summed E-state index contributed by atoms with van der Waals surface area (Å²) in [6, 6.07) is 0.517. The molecule has 0 spiro atoms. The summed E-state index contributed by atoms with van der Waals surface area (Å²) in [6.45, 7) is 5.39. The molecule has 0 aliphatic carbocycles. The molecule has 1 unspecified atom stereocenters. The normalized spacial score (nSPS) is 13.2. The standard InChI is InChI=1S/C10H19N3/c1-4-9(2)13-8-10(7-12-13)5-6-11-3/h7-9,11H,4-6H2,1-3H3. The summed E-state index contributed by atoms with van der Waals surface area (Å²) in [5.41, 5.74) is 1.31. The number of likely N-dealkylation sites (N-methyl/N-ethyl adjacent to an activating group) is 1. The minimum atomic E-state index is 0.517. The van der Waals surface area contributed by atoms with E-state index in [-0.39, 0.29) is 0 Å². The Morgan fingerprint density at radius 1 is 1.62 bits per heavy atom. The number of nitrogens with one attached hydrogen (secondary N) is 1. The van der Waals surface area contributed by atoms with Gasteiger partial charge in [0.15, 0.2) is 0 Å². The molecule has 0 fully saturated rings. The SMILES string of the molecule is CCC(C)n1cc(CCNC)cn1. The van der Waals surface area contributed by atoms with Gasteiger partial charge in [-0.25, -0.2) is 0 Å². The minimum absolute atomic E-state index is 0.517. The predicted octanol–water partition coefficient (Wildman–Crippen LogP) is 1.62. The van der Waals surface area contributed by atoms with Crippen LogP contribution in [-0.4, -0.2) is 23.4 Å². The van der Waals surface area contributed by atoms with E-state index in [1.807, 2.05) is 17.9 Å². The topological polar surface area (TPSA) is 29.9 Å². The highest BCUT2D eigenvalue weighted by Gasteiger charge is 2.03. The fourth-order valence-corrected chi connectivity index (χ4v) is 1.20. The first kappa shape index (κ1) is 10.3. The van der Waals surface area contributed by atoms with E-state index in [1.165, 1.54) is 5.56 Å². The van der Waals surface area contributed by atoms with Gasteiger partial charge in [-0.05, 0) is 38.9 Å². The third-order valence-corrected chi connectivity index (χ3v) is 2.36. The van der Waals surface area contributed by atoms with Gasteiger partial charge in [0.05, 0.1) is 6.20 Å². The molecule has 1 heterocycles. The van der Waals surface area contributed by atoms with Gasteiger partial charge in [0.1, 0.15) is 0 Å². The third-order valence-electron chi connectivity index (χ3n) is 2.36. The second kappa shape index (κ2) is 5.02. The molecule has 0 saturated carbocycles. The fraction of sp³-hybridized carbons (Fsp3) is 0.700. The van der Waals surface area contributed by atoms with Crippen molar-refractivity contribution in [2.75, 3.05) is 13.6 Å². The summed E-state index contributed by atoms with van der Waals surface area (Å²) in [7, 11) is 1.97. The molecule has 0 aliphatic heterocycles. The molecule has 3 nitrogen and oxygen atoms in total. The van der Waals surface area contributed by atoms with Gasteiger partial charge in [0.2, 0.25) is 0 Å². The van der Waals surface area contributed by atoms with Gasteiger partial charge < -0.3 is 5.32 Å². The third kappa shape index (κ3) is 2.84. The molecule has 0 aliphatic rings. The van der Waals surface area contributed by atoms with Gasteiger partial charge in [0, 0.05) is 12.2 Å². The maximum atomic E-state index is 4.33. The Bertz CT molecular complexity index is 242. The first-order valence-corrected chi connectivity index (χ1v) is 4.95. The first-order chi connectivity index (χ1) is 6.27. The first-order valence-electron chi connectivity index (χ1n) is 4.95. The Balaban J connectivity index is 2.53. The Kier molecular flexibility index (Phi) is 3.96. The fourth-order valence-electron chi connectivity index (χ4n) is 1.20. The molecule has 1 rings (SSSR count). The quantitative estimate of drug-likeness (QED) is 0.748. The predicted molar refractivity (Wildman–Crippen MR) is 54.9 cm³/mol. The number of hydrogen-bond acceptors (Lipinski definition) is 2. The minimum Gasteiger partial charge on any atom is -0.319 e. The Hall–Kier alpha value is -0.830. The van der Waals surface area contributed by atoms with Crippen molar-refractivity contribution in [3.63, 3.8) is 0 Å². The van der Waals surface area contributed by atoms with Crippen molar-refractivity contribution >= 4 is 0 Å². The van der Waals surface area contributed by atoms with E-state index < -0.39 is 0 Å². The molecule has 0 amide bonds. The second-order valence-electron chi connectivity index (χ2n) is 3.44. The van der Waals surface area contributed by atoms with Crippen molar-refractivity contribution in [2.45, 2.75) is 32.7 Å². The van der Waals surface area contributed by atoms with Gasteiger partial charge in [-0.1, -0.05) is 6.92 Å². The molecule has 0 bridgehead atoms. The van der Waals surface area contributed by atoms with Crippen molar-refractivity contribution in [2.24, 2.45) is 0 Å². The smallest absolute Gasteiger partial charge is 0.0522 e. The Labute approximate surface area is 80.1 Å². The van der Waals surface area contributed by atoms with Gasteiger partial charge in [-0.2, -0.15) is 5.10 Å². The average molecular weight is 181 g/mol. The van der Waals surface area contributed by atoms with Crippen LogP contribution in [0.5, 0.6) is 0 Å². The molecule has 0 aromatic carbocycles. The number of rotatable bonds is 5. The van der Waals surface area contributed by atoms with Crippen LogP contribution >= 0.6 is 0 Å². The lowest BCUT2D eigenvalue weighted by atomic mass is 10.2. The zero-order valence-corrected chi connectivity index (χ0v) is 8.75. The lowest BCUT2D eigenvalue weighted by molar-refractivity contribution is 0.477. The highest BCUT2D eigenvalue weighted by Crippen LogP contribution is 2.09. The van der Waals surface area contributed by atoms with Crippen LogP contribution < -0.4 is 5.32 Å². The lowest BCUT2D eigenvalue weighted by Gasteiger charge is -2.07. The van der Waals surface area contributed by atoms with Crippen LogP contribution in [0.3, 0.4) is 0 Å². The van der Waals surface area contributed by atoms with E-state index >= 15 is 0 Å². The molecule has 13 heavy (non-hydrogen) atoms. The molecule has 1 atom stereocenters. The van der Waals surface area contributed by atoms with E-state index in [4.69, 9.17) is 0 Å². The molecule has 74 valence electrons. The number of nitrogens with zero attached hydrogens (tertiary/aromatic N) is 2. The van der Waals surface area contributed by atoms with E-state index in [2.05, 4.69) is 30.5 Å². The van der Waals surface area contributed by atoms with Gasteiger partial charge in [-0.3, -0.25) is 4.68 Å². The van der Waals surface area contributed by atoms with Crippen LogP contribution in [0, 0.1) is 0 Å². The van der Waals surface area contributed by atoms with Crippen molar-refractivity contribution < 1.29 is 0 Å². The lowest BCUT2D eigenvalue weighted by Crippen LogP contribution is -2.10. The summed E-state index contributed by atoms with van der Waals surface area (Å²) in [4.78, 5) is 0. The summed E-state index contributed by atoms with van der Waals surface area (Å²) in [5.74, 6) is 0. The van der Waals surface area contributed by atoms with E-state index in [0.29, 0.717) is 6.04 Å². The van der Waals surface area contributed by atoms with Gasteiger partial charge >= 0.3 is 0 Å². The second-order valence-corrected chi connectivity index (χ2v) is 3.44. The maximum Gasteiger partial charge on any atom is 0.0522 e. The molecule has 1 aromatic heterocycles. The molecular weight excluding hydrogens is 162 g/mol. The molecule has 1 aromatic rings.